The Kier molecular flexibility index (Phi) is 48.6. The monoisotopic (exact) mass is 846 g/mol. The van der Waals surface area contributed by atoms with Gasteiger partial charge in [-0.3, -0.25) is 9.59 Å². The van der Waals surface area contributed by atoms with E-state index < -0.39 is 12.1 Å². The first-order valence-electron chi connectivity index (χ1n) is 26.6. The van der Waals surface area contributed by atoms with E-state index in [0.717, 1.165) is 51.4 Å². The SMILES string of the molecule is CCCCCCCCCCCCCCCCCCCCCC(=O)OCCCCCCCC/C=C\C/C=C\CCC(=O)NC(CO)C(O)CCCCCCCCCCCCC. The number of aliphatic hydroxyl groups excluding tert-OH is 2. The van der Waals surface area contributed by atoms with Gasteiger partial charge in [-0.2, -0.15) is 0 Å². The minimum absolute atomic E-state index is 0.0126. The van der Waals surface area contributed by atoms with Crippen LogP contribution in [0.2, 0.25) is 0 Å². The lowest BCUT2D eigenvalue weighted by Gasteiger charge is -2.22. The van der Waals surface area contributed by atoms with Crippen LogP contribution in [0.4, 0.5) is 0 Å². The van der Waals surface area contributed by atoms with Gasteiger partial charge in [-0.05, 0) is 44.9 Å². The van der Waals surface area contributed by atoms with Crippen LogP contribution < -0.4 is 5.32 Å². The summed E-state index contributed by atoms with van der Waals surface area (Å²) in [6, 6.07) is -0.583. The van der Waals surface area contributed by atoms with Crippen LogP contribution in [0.3, 0.4) is 0 Å². The zero-order valence-electron chi connectivity index (χ0n) is 40.2. The number of esters is 1. The molecule has 2 atom stereocenters. The van der Waals surface area contributed by atoms with Crippen LogP contribution in [0.15, 0.2) is 24.3 Å². The van der Waals surface area contributed by atoms with E-state index in [0.29, 0.717) is 32.3 Å². The topological polar surface area (TPSA) is 95.9 Å². The van der Waals surface area contributed by atoms with Gasteiger partial charge < -0.3 is 20.3 Å². The van der Waals surface area contributed by atoms with Gasteiger partial charge in [0, 0.05) is 12.8 Å². The molecule has 0 aliphatic rings. The van der Waals surface area contributed by atoms with E-state index in [1.165, 1.54) is 193 Å². The number of rotatable bonds is 49. The minimum atomic E-state index is -0.697. The van der Waals surface area contributed by atoms with E-state index >= 15 is 0 Å². The fourth-order valence-corrected chi connectivity index (χ4v) is 8.16. The maximum Gasteiger partial charge on any atom is 0.305 e. The number of nitrogens with one attached hydrogen (secondary N) is 1. The number of hydrogen-bond donors (Lipinski definition) is 3. The van der Waals surface area contributed by atoms with Crippen molar-refractivity contribution in [2.24, 2.45) is 0 Å². The molecule has 0 saturated heterocycles. The van der Waals surface area contributed by atoms with Crippen molar-refractivity contribution in [1.82, 2.24) is 5.32 Å². The Morgan fingerprint density at radius 1 is 0.467 bits per heavy atom. The van der Waals surface area contributed by atoms with Crippen molar-refractivity contribution in [3.05, 3.63) is 24.3 Å². The third-order valence-corrected chi connectivity index (χ3v) is 12.3. The molecule has 6 nitrogen and oxygen atoms in total. The standard InChI is InChI=1S/C54H103NO5/c1-3-5-7-9-11-13-15-16-17-18-19-20-21-24-28-32-36-40-44-48-54(59)60-49-45-41-37-33-29-25-22-23-27-31-35-39-43-47-53(58)55-51(50-56)52(57)46-42-38-34-30-26-14-12-10-8-6-4-2/h23,27,35,39,51-52,56-57H,3-22,24-26,28-34,36-38,40-50H2,1-2H3,(H,55,58)/b27-23-,39-35-. The third kappa shape index (κ3) is 45.9. The quantitative estimate of drug-likeness (QED) is 0.0322. The van der Waals surface area contributed by atoms with Crippen LogP contribution in [0, 0.1) is 0 Å². The second-order valence-corrected chi connectivity index (χ2v) is 18.2. The Balaban J connectivity index is 3.49. The molecule has 0 spiro atoms. The lowest BCUT2D eigenvalue weighted by molar-refractivity contribution is -0.143. The summed E-state index contributed by atoms with van der Waals surface area (Å²) in [5.74, 6) is -0.129. The Hall–Kier alpha value is -1.66. The van der Waals surface area contributed by atoms with E-state index in [4.69, 9.17) is 4.74 Å². The summed E-state index contributed by atoms with van der Waals surface area (Å²) >= 11 is 0. The molecule has 0 fully saturated rings. The molecule has 0 aliphatic heterocycles. The molecule has 0 rings (SSSR count). The summed E-state index contributed by atoms with van der Waals surface area (Å²) in [5, 5.41) is 23.0. The largest absolute Gasteiger partial charge is 0.466 e. The number of carbonyl (C=O) groups excluding carboxylic acids is 2. The highest BCUT2D eigenvalue weighted by Gasteiger charge is 2.19. The first-order chi connectivity index (χ1) is 29.5. The van der Waals surface area contributed by atoms with Gasteiger partial charge in [0.2, 0.25) is 5.91 Å². The summed E-state index contributed by atoms with van der Waals surface area (Å²) < 4.78 is 5.47. The maximum absolute atomic E-state index is 12.4. The number of allylic oxidation sites excluding steroid dienone is 4. The highest BCUT2D eigenvalue weighted by molar-refractivity contribution is 5.76. The molecule has 354 valence electrons. The molecule has 0 aromatic rings. The molecule has 0 bridgehead atoms. The molecule has 60 heavy (non-hydrogen) atoms. The molecule has 0 aromatic heterocycles. The fraction of sp³-hybridized carbons (Fsp3) is 0.889. The molecule has 0 saturated carbocycles. The van der Waals surface area contributed by atoms with Gasteiger partial charge in [0.15, 0.2) is 0 Å². The fourth-order valence-electron chi connectivity index (χ4n) is 8.16. The van der Waals surface area contributed by atoms with E-state index in [2.05, 4.69) is 37.4 Å². The summed E-state index contributed by atoms with van der Waals surface area (Å²) in [7, 11) is 0. The Morgan fingerprint density at radius 2 is 0.850 bits per heavy atom. The van der Waals surface area contributed by atoms with Crippen LogP contribution in [-0.2, 0) is 14.3 Å². The van der Waals surface area contributed by atoms with E-state index in [1.54, 1.807) is 0 Å². The van der Waals surface area contributed by atoms with Crippen molar-refractivity contribution >= 4 is 11.9 Å². The average molecular weight is 846 g/mol. The number of amides is 1. The molecule has 0 heterocycles. The Labute approximate surface area is 373 Å². The van der Waals surface area contributed by atoms with Crippen LogP contribution in [0.1, 0.15) is 284 Å². The maximum atomic E-state index is 12.4. The molecule has 6 heteroatoms. The Bertz CT molecular complexity index is 935. The van der Waals surface area contributed by atoms with E-state index in [1.807, 2.05) is 6.08 Å². The Morgan fingerprint density at radius 3 is 1.30 bits per heavy atom. The second kappa shape index (κ2) is 50.0. The number of carbonyl (C=O) groups is 2. The zero-order chi connectivity index (χ0) is 43.7. The van der Waals surface area contributed by atoms with Gasteiger partial charge in [0.05, 0.1) is 25.4 Å². The van der Waals surface area contributed by atoms with Gasteiger partial charge in [-0.15, -0.1) is 0 Å². The highest BCUT2D eigenvalue weighted by atomic mass is 16.5. The average Bonchev–Trinajstić information content (AvgIpc) is 3.25. The van der Waals surface area contributed by atoms with Gasteiger partial charge >= 0.3 is 5.97 Å². The number of unbranched alkanes of at least 4 members (excludes halogenated alkanes) is 34. The van der Waals surface area contributed by atoms with Gasteiger partial charge in [0.1, 0.15) is 0 Å². The van der Waals surface area contributed by atoms with Gasteiger partial charge in [-0.1, -0.05) is 250 Å². The number of aliphatic hydroxyl groups is 2. The van der Waals surface area contributed by atoms with E-state index in [-0.39, 0.29) is 18.5 Å². The summed E-state index contributed by atoms with van der Waals surface area (Å²) in [6.45, 7) is 4.89. The van der Waals surface area contributed by atoms with Crippen LogP contribution in [0.25, 0.3) is 0 Å². The summed E-state index contributed by atoms with van der Waals surface area (Å²) in [4.78, 5) is 24.4. The van der Waals surface area contributed by atoms with Crippen molar-refractivity contribution in [2.45, 2.75) is 296 Å². The van der Waals surface area contributed by atoms with E-state index in [9.17, 15) is 19.8 Å². The molecule has 1 amide bonds. The predicted octanol–water partition coefficient (Wildman–Crippen LogP) is 15.9. The first-order valence-corrected chi connectivity index (χ1v) is 26.6. The van der Waals surface area contributed by atoms with Crippen LogP contribution >= 0.6 is 0 Å². The van der Waals surface area contributed by atoms with Crippen molar-refractivity contribution in [1.29, 1.82) is 0 Å². The van der Waals surface area contributed by atoms with Gasteiger partial charge in [0.25, 0.3) is 0 Å². The van der Waals surface area contributed by atoms with Gasteiger partial charge in [-0.25, -0.2) is 0 Å². The first kappa shape index (κ1) is 58.3. The third-order valence-electron chi connectivity index (χ3n) is 12.3. The lowest BCUT2D eigenvalue weighted by Crippen LogP contribution is -2.45. The predicted molar refractivity (Wildman–Crippen MR) is 260 cm³/mol. The molecule has 0 aliphatic carbocycles. The summed E-state index contributed by atoms with van der Waals surface area (Å²) in [6.07, 6.45) is 58.9. The minimum Gasteiger partial charge on any atom is -0.466 e. The molecule has 2 unspecified atom stereocenters. The van der Waals surface area contributed by atoms with Crippen molar-refractivity contribution in [3.8, 4) is 0 Å². The zero-order valence-corrected chi connectivity index (χ0v) is 40.2. The van der Waals surface area contributed by atoms with Crippen molar-refractivity contribution in [3.63, 3.8) is 0 Å². The van der Waals surface area contributed by atoms with Crippen LogP contribution in [-0.4, -0.2) is 47.4 Å². The number of ether oxygens (including phenoxy) is 1. The molecule has 0 radical (unpaired) electrons. The van der Waals surface area contributed by atoms with Crippen molar-refractivity contribution < 1.29 is 24.5 Å². The lowest BCUT2D eigenvalue weighted by atomic mass is 10.0. The molecular weight excluding hydrogens is 743 g/mol. The molecular formula is C54H103NO5. The van der Waals surface area contributed by atoms with Crippen LogP contribution in [0.5, 0.6) is 0 Å². The highest BCUT2D eigenvalue weighted by Crippen LogP contribution is 2.17. The van der Waals surface area contributed by atoms with Crippen molar-refractivity contribution in [2.75, 3.05) is 13.2 Å². The molecule has 3 N–H and O–H groups in total. The normalized spacial score (nSPS) is 12.8. The molecule has 0 aromatic carbocycles. The number of hydrogen-bond acceptors (Lipinski definition) is 5. The smallest absolute Gasteiger partial charge is 0.305 e. The second-order valence-electron chi connectivity index (χ2n) is 18.2. The summed E-state index contributed by atoms with van der Waals surface area (Å²) in [5.41, 5.74) is 0.